The van der Waals surface area contributed by atoms with Crippen LogP contribution in [0.4, 0.5) is 0 Å². The molecule has 0 bridgehead atoms. The van der Waals surface area contributed by atoms with Gasteiger partial charge in [-0.1, -0.05) is 72.8 Å². The molecule has 118 valence electrons. The predicted octanol–water partition coefficient (Wildman–Crippen LogP) is 5.51. The van der Waals surface area contributed by atoms with Gasteiger partial charge >= 0.3 is 0 Å². The van der Waals surface area contributed by atoms with Gasteiger partial charge in [-0.05, 0) is 48.6 Å². The number of fused-ring (bicyclic) bond motifs is 1. The maximum absolute atomic E-state index is 3.76. The molecule has 0 fully saturated rings. The Labute approximate surface area is 139 Å². The van der Waals surface area contributed by atoms with Gasteiger partial charge in [0.25, 0.3) is 0 Å². The molecule has 0 aliphatic heterocycles. The number of rotatable bonds is 6. The first kappa shape index (κ1) is 15.8. The molecule has 0 heterocycles. The summed E-state index contributed by atoms with van der Waals surface area (Å²) in [6.07, 6.45) is 2.27. The topological polar surface area (TPSA) is 12.0 Å². The van der Waals surface area contributed by atoms with E-state index in [9.17, 15) is 0 Å². The molecule has 3 aromatic rings. The van der Waals surface area contributed by atoms with Crippen LogP contribution in [0, 0.1) is 0 Å². The zero-order chi connectivity index (χ0) is 16.1. The van der Waals surface area contributed by atoms with Crippen LogP contribution in [0.1, 0.15) is 37.4 Å². The van der Waals surface area contributed by atoms with Crippen molar-refractivity contribution < 1.29 is 0 Å². The molecule has 0 saturated heterocycles. The van der Waals surface area contributed by atoms with E-state index in [0.29, 0.717) is 12.1 Å². The van der Waals surface area contributed by atoms with Gasteiger partial charge in [-0.2, -0.15) is 0 Å². The normalized spacial score (nSPS) is 13.8. The van der Waals surface area contributed by atoms with Crippen molar-refractivity contribution in [3.05, 3.63) is 83.9 Å². The Balaban J connectivity index is 1.65. The molecule has 1 nitrogen and oxygen atoms in total. The van der Waals surface area contributed by atoms with Crippen molar-refractivity contribution in [1.29, 1.82) is 0 Å². The Morgan fingerprint density at radius 3 is 2.30 bits per heavy atom. The van der Waals surface area contributed by atoms with Gasteiger partial charge in [0.15, 0.2) is 0 Å². The lowest BCUT2D eigenvalue weighted by atomic mass is 9.98. The zero-order valence-corrected chi connectivity index (χ0v) is 14.0. The monoisotopic (exact) mass is 303 g/mol. The van der Waals surface area contributed by atoms with Gasteiger partial charge in [-0.15, -0.1) is 0 Å². The molecular weight excluding hydrogens is 278 g/mol. The molecule has 2 atom stereocenters. The van der Waals surface area contributed by atoms with Gasteiger partial charge in [0.1, 0.15) is 0 Å². The molecule has 0 aliphatic carbocycles. The van der Waals surface area contributed by atoms with Crippen molar-refractivity contribution in [2.75, 3.05) is 0 Å². The number of nitrogens with one attached hydrogen (secondary N) is 1. The summed E-state index contributed by atoms with van der Waals surface area (Å²) in [7, 11) is 0. The zero-order valence-electron chi connectivity index (χ0n) is 14.0. The Kier molecular flexibility index (Phi) is 5.09. The molecule has 0 aromatic heterocycles. The maximum atomic E-state index is 3.76. The summed E-state index contributed by atoms with van der Waals surface area (Å²) >= 11 is 0. The number of aryl methyl sites for hydroxylation is 1. The lowest BCUT2D eigenvalue weighted by Crippen LogP contribution is -2.29. The van der Waals surface area contributed by atoms with Crippen LogP contribution in [0.25, 0.3) is 10.8 Å². The molecule has 0 spiro atoms. The van der Waals surface area contributed by atoms with Crippen LogP contribution in [-0.4, -0.2) is 6.04 Å². The third-order valence-corrected chi connectivity index (χ3v) is 4.53. The summed E-state index contributed by atoms with van der Waals surface area (Å²) in [6, 6.07) is 26.8. The summed E-state index contributed by atoms with van der Waals surface area (Å²) in [5, 5.41) is 6.43. The van der Waals surface area contributed by atoms with Crippen LogP contribution in [-0.2, 0) is 6.42 Å². The predicted molar refractivity (Wildman–Crippen MR) is 99.7 cm³/mol. The quantitative estimate of drug-likeness (QED) is 0.633. The van der Waals surface area contributed by atoms with Gasteiger partial charge in [-0.25, -0.2) is 0 Å². The first-order chi connectivity index (χ1) is 11.2. The van der Waals surface area contributed by atoms with Crippen LogP contribution in [0.15, 0.2) is 72.8 Å². The minimum Gasteiger partial charge on any atom is -0.308 e. The van der Waals surface area contributed by atoms with E-state index in [2.05, 4.69) is 92.0 Å². The van der Waals surface area contributed by atoms with Crippen LogP contribution in [0.3, 0.4) is 0 Å². The summed E-state index contributed by atoms with van der Waals surface area (Å²) in [5.41, 5.74) is 2.80. The molecule has 0 saturated carbocycles. The van der Waals surface area contributed by atoms with E-state index in [-0.39, 0.29) is 0 Å². The highest BCUT2D eigenvalue weighted by Crippen LogP contribution is 2.24. The van der Waals surface area contributed by atoms with Crippen molar-refractivity contribution in [3.8, 4) is 0 Å². The van der Waals surface area contributed by atoms with Crippen LogP contribution >= 0.6 is 0 Å². The van der Waals surface area contributed by atoms with Crippen molar-refractivity contribution in [2.45, 2.75) is 38.8 Å². The Hall–Kier alpha value is -2.12. The maximum Gasteiger partial charge on any atom is 0.0300 e. The second-order valence-electron chi connectivity index (χ2n) is 6.38. The average Bonchev–Trinajstić information content (AvgIpc) is 2.60. The Bertz CT molecular complexity index is 743. The fraction of sp³-hybridized carbons (Fsp3) is 0.273. The lowest BCUT2D eigenvalue weighted by molar-refractivity contribution is 0.458. The van der Waals surface area contributed by atoms with E-state index in [0.717, 1.165) is 12.8 Å². The largest absolute Gasteiger partial charge is 0.308 e. The van der Waals surface area contributed by atoms with E-state index < -0.39 is 0 Å². The van der Waals surface area contributed by atoms with Gasteiger partial charge in [0.05, 0.1) is 0 Å². The molecular formula is C22H25N. The summed E-state index contributed by atoms with van der Waals surface area (Å²) in [6.45, 7) is 4.55. The molecule has 0 amide bonds. The first-order valence-corrected chi connectivity index (χ1v) is 8.51. The lowest BCUT2D eigenvalue weighted by Gasteiger charge is -2.22. The van der Waals surface area contributed by atoms with E-state index >= 15 is 0 Å². The molecule has 1 N–H and O–H groups in total. The molecule has 0 unspecified atom stereocenters. The second-order valence-corrected chi connectivity index (χ2v) is 6.38. The smallest absolute Gasteiger partial charge is 0.0300 e. The minimum absolute atomic E-state index is 0.354. The first-order valence-electron chi connectivity index (χ1n) is 8.51. The van der Waals surface area contributed by atoms with Crippen molar-refractivity contribution in [2.24, 2.45) is 0 Å². The Morgan fingerprint density at radius 2 is 1.48 bits per heavy atom. The van der Waals surface area contributed by atoms with Crippen LogP contribution in [0.2, 0.25) is 0 Å². The van der Waals surface area contributed by atoms with Crippen molar-refractivity contribution in [3.63, 3.8) is 0 Å². The van der Waals surface area contributed by atoms with Crippen molar-refractivity contribution >= 4 is 10.8 Å². The summed E-state index contributed by atoms with van der Waals surface area (Å²) in [5.74, 6) is 0. The minimum atomic E-state index is 0.354. The highest BCUT2D eigenvalue weighted by Gasteiger charge is 2.12. The van der Waals surface area contributed by atoms with Crippen LogP contribution < -0.4 is 5.32 Å². The fourth-order valence-corrected chi connectivity index (χ4v) is 3.26. The number of hydrogen-bond acceptors (Lipinski definition) is 1. The SMILES string of the molecule is C[C@H](CCc1ccccc1)N[C@@H](C)c1cccc2ccccc12. The van der Waals surface area contributed by atoms with Gasteiger partial charge in [-0.3, -0.25) is 0 Å². The highest BCUT2D eigenvalue weighted by molar-refractivity contribution is 5.86. The Morgan fingerprint density at radius 1 is 0.783 bits per heavy atom. The average molecular weight is 303 g/mol. The molecule has 23 heavy (non-hydrogen) atoms. The van der Waals surface area contributed by atoms with E-state index in [4.69, 9.17) is 0 Å². The van der Waals surface area contributed by atoms with Crippen molar-refractivity contribution in [1.82, 2.24) is 5.32 Å². The van der Waals surface area contributed by atoms with E-state index in [1.54, 1.807) is 0 Å². The highest BCUT2D eigenvalue weighted by atomic mass is 14.9. The van der Waals surface area contributed by atoms with Gasteiger partial charge < -0.3 is 5.32 Å². The summed E-state index contributed by atoms with van der Waals surface area (Å²) < 4.78 is 0. The molecule has 1 heteroatoms. The standard InChI is InChI=1S/C22H25N/c1-17(15-16-19-9-4-3-5-10-19)23-18(2)21-14-8-12-20-11-6-7-13-22(20)21/h3-14,17-18,23H,15-16H2,1-2H3/t17-,18+/m1/s1. The fourth-order valence-electron chi connectivity index (χ4n) is 3.26. The van der Waals surface area contributed by atoms with Crippen LogP contribution in [0.5, 0.6) is 0 Å². The molecule has 3 aromatic carbocycles. The van der Waals surface area contributed by atoms with E-state index in [1.807, 2.05) is 0 Å². The second kappa shape index (κ2) is 7.43. The molecule has 3 rings (SSSR count). The number of benzene rings is 3. The third-order valence-electron chi connectivity index (χ3n) is 4.53. The third kappa shape index (κ3) is 4.00. The number of hydrogen-bond donors (Lipinski definition) is 1. The molecule has 0 radical (unpaired) electrons. The van der Waals surface area contributed by atoms with E-state index in [1.165, 1.54) is 21.9 Å². The van der Waals surface area contributed by atoms with Gasteiger partial charge in [0, 0.05) is 12.1 Å². The summed E-state index contributed by atoms with van der Waals surface area (Å²) in [4.78, 5) is 0. The molecule has 0 aliphatic rings. The van der Waals surface area contributed by atoms with Gasteiger partial charge in [0.2, 0.25) is 0 Å².